The highest BCUT2D eigenvalue weighted by Crippen LogP contribution is 2.27. The summed E-state index contributed by atoms with van der Waals surface area (Å²) in [7, 11) is 0. The van der Waals surface area contributed by atoms with E-state index >= 15 is 0 Å². The van der Waals surface area contributed by atoms with Crippen molar-refractivity contribution in [3.63, 3.8) is 0 Å². The molecule has 0 bridgehead atoms. The first-order valence-electron chi connectivity index (χ1n) is 6.88. The Hall–Kier alpha value is -2.18. The van der Waals surface area contributed by atoms with Gasteiger partial charge < -0.3 is 4.52 Å². The molecule has 0 spiro atoms. The number of amides is 1. The maximum Gasteiger partial charge on any atom is 0.280 e. The van der Waals surface area contributed by atoms with Crippen molar-refractivity contribution < 1.29 is 9.32 Å². The number of hydrogen-bond donors (Lipinski definition) is 1. The van der Waals surface area contributed by atoms with Crippen LogP contribution in [0.15, 0.2) is 16.9 Å². The van der Waals surface area contributed by atoms with Crippen molar-refractivity contribution in [1.29, 1.82) is 0 Å². The Kier molecular flexibility index (Phi) is 3.49. The van der Waals surface area contributed by atoms with Gasteiger partial charge >= 0.3 is 0 Å². The molecular weight excluding hydrogens is 258 g/mol. The molecule has 1 fully saturated rings. The second-order valence-corrected chi connectivity index (χ2v) is 5.12. The van der Waals surface area contributed by atoms with Crippen LogP contribution in [0.25, 0.3) is 0 Å². The molecule has 2 aromatic heterocycles. The summed E-state index contributed by atoms with van der Waals surface area (Å²) in [5.41, 5.74) is 0.233. The Balaban J connectivity index is 1.66. The van der Waals surface area contributed by atoms with Crippen molar-refractivity contribution in [1.82, 2.24) is 19.9 Å². The number of aromatic nitrogens is 4. The third-order valence-corrected chi connectivity index (χ3v) is 3.54. The van der Waals surface area contributed by atoms with Gasteiger partial charge in [-0.05, 0) is 19.8 Å². The highest BCUT2D eigenvalue weighted by atomic mass is 16.5. The van der Waals surface area contributed by atoms with Gasteiger partial charge in [0, 0.05) is 6.07 Å². The molecule has 1 aliphatic rings. The molecule has 0 radical (unpaired) electrons. The quantitative estimate of drug-likeness (QED) is 0.929. The maximum atomic E-state index is 11.9. The van der Waals surface area contributed by atoms with Crippen LogP contribution < -0.4 is 5.32 Å². The van der Waals surface area contributed by atoms with Gasteiger partial charge in [-0.3, -0.25) is 10.1 Å². The van der Waals surface area contributed by atoms with Gasteiger partial charge in [-0.25, -0.2) is 9.67 Å². The molecule has 0 saturated heterocycles. The lowest BCUT2D eigenvalue weighted by molar-refractivity contribution is 0.101. The second kappa shape index (κ2) is 5.44. The van der Waals surface area contributed by atoms with Gasteiger partial charge in [0.15, 0.2) is 5.69 Å². The molecule has 0 aliphatic heterocycles. The Labute approximate surface area is 116 Å². The molecular formula is C13H17N5O2. The van der Waals surface area contributed by atoms with E-state index in [2.05, 4.69) is 20.6 Å². The Bertz CT molecular complexity index is 597. The number of rotatable bonds is 3. The minimum Gasteiger partial charge on any atom is -0.361 e. The summed E-state index contributed by atoms with van der Waals surface area (Å²) in [6.07, 6.45) is 7.67. The van der Waals surface area contributed by atoms with Crippen LogP contribution in [0.4, 0.5) is 5.95 Å². The summed E-state index contributed by atoms with van der Waals surface area (Å²) >= 11 is 0. The number of nitrogens with zero attached hydrogens (tertiary/aromatic N) is 4. The lowest BCUT2D eigenvalue weighted by Gasteiger charge is -2.20. The predicted octanol–water partition coefficient (Wildman–Crippen LogP) is 2.33. The standard InChI is InChI=1S/C13H17N5O2/c1-9-7-11(17-20-9)12(19)15-13-14-8-18(16-13)10-5-3-2-4-6-10/h7-8,10H,2-6H2,1H3,(H,15,16,19). The number of aryl methyl sites for hydroxylation is 1. The summed E-state index contributed by atoms with van der Waals surface area (Å²) in [4.78, 5) is 16.0. The number of hydrogen-bond acceptors (Lipinski definition) is 5. The van der Waals surface area contributed by atoms with Crippen molar-refractivity contribution in [3.8, 4) is 0 Å². The molecule has 1 amide bonds. The zero-order chi connectivity index (χ0) is 13.9. The number of carbonyl (C=O) groups is 1. The van der Waals surface area contributed by atoms with Crippen LogP contribution in [0, 0.1) is 6.92 Å². The maximum absolute atomic E-state index is 11.9. The van der Waals surface area contributed by atoms with E-state index in [1.807, 2.05) is 4.68 Å². The van der Waals surface area contributed by atoms with Crippen LogP contribution >= 0.6 is 0 Å². The van der Waals surface area contributed by atoms with Gasteiger partial charge in [0.05, 0.1) is 6.04 Å². The zero-order valence-electron chi connectivity index (χ0n) is 11.4. The summed E-state index contributed by atoms with van der Waals surface area (Å²) < 4.78 is 6.72. The summed E-state index contributed by atoms with van der Waals surface area (Å²) in [5.74, 6) is 0.542. The second-order valence-electron chi connectivity index (χ2n) is 5.12. The van der Waals surface area contributed by atoms with E-state index in [1.165, 1.54) is 19.3 Å². The minimum absolute atomic E-state index is 0.233. The predicted molar refractivity (Wildman–Crippen MR) is 71.3 cm³/mol. The third-order valence-electron chi connectivity index (χ3n) is 3.54. The van der Waals surface area contributed by atoms with E-state index in [4.69, 9.17) is 4.52 Å². The lowest BCUT2D eigenvalue weighted by atomic mass is 9.96. The fourth-order valence-corrected chi connectivity index (χ4v) is 2.49. The van der Waals surface area contributed by atoms with Crippen molar-refractivity contribution >= 4 is 11.9 Å². The smallest absolute Gasteiger partial charge is 0.280 e. The first-order chi connectivity index (χ1) is 9.72. The van der Waals surface area contributed by atoms with Crippen molar-refractivity contribution in [2.75, 3.05) is 5.32 Å². The highest BCUT2D eigenvalue weighted by Gasteiger charge is 2.18. The van der Waals surface area contributed by atoms with Crippen LogP contribution in [0.2, 0.25) is 0 Å². The van der Waals surface area contributed by atoms with Crippen molar-refractivity contribution in [2.45, 2.75) is 45.1 Å². The van der Waals surface area contributed by atoms with E-state index in [0.717, 1.165) is 12.8 Å². The minimum atomic E-state index is -0.358. The Morgan fingerprint density at radius 1 is 1.40 bits per heavy atom. The fourth-order valence-electron chi connectivity index (χ4n) is 2.49. The largest absolute Gasteiger partial charge is 0.361 e. The first kappa shape index (κ1) is 12.8. The molecule has 1 aliphatic carbocycles. The summed E-state index contributed by atoms with van der Waals surface area (Å²) in [6.45, 7) is 1.74. The summed E-state index contributed by atoms with van der Waals surface area (Å²) in [5, 5.41) is 10.6. The third kappa shape index (κ3) is 2.71. The van der Waals surface area contributed by atoms with Crippen molar-refractivity contribution in [2.24, 2.45) is 0 Å². The molecule has 7 nitrogen and oxygen atoms in total. The number of nitrogens with one attached hydrogen (secondary N) is 1. The highest BCUT2D eigenvalue weighted by molar-refractivity contribution is 6.01. The van der Waals surface area contributed by atoms with Crippen LogP contribution in [-0.2, 0) is 0 Å². The van der Waals surface area contributed by atoms with Gasteiger partial charge in [-0.1, -0.05) is 24.4 Å². The Morgan fingerprint density at radius 2 is 2.20 bits per heavy atom. The van der Waals surface area contributed by atoms with Crippen molar-refractivity contribution in [3.05, 3.63) is 23.8 Å². The van der Waals surface area contributed by atoms with Gasteiger partial charge in [0.2, 0.25) is 5.95 Å². The average Bonchev–Trinajstić information content (AvgIpc) is 3.09. The molecule has 0 atom stereocenters. The van der Waals surface area contributed by atoms with E-state index in [0.29, 0.717) is 17.8 Å². The lowest BCUT2D eigenvalue weighted by Crippen LogP contribution is -2.16. The first-order valence-corrected chi connectivity index (χ1v) is 6.88. The monoisotopic (exact) mass is 275 g/mol. The van der Waals surface area contributed by atoms with E-state index < -0.39 is 0 Å². The van der Waals surface area contributed by atoms with Crippen LogP contribution in [0.3, 0.4) is 0 Å². The molecule has 0 unspecified atom stereocenters. The normalized spacial score (nSPS) is 16.2. The van der Waals surface area contributed by atoms with Gasteiger partial charge in [-0.2, -0.15) is 0 Å². The molecule has 0 aromatic carbocycles. The van der Waals surface area contributed by atoms with Crippen LogP contribution in [0.5, 0.6) is 0 Å². The molecule has 3 rings (SSSR count). The molecule has 20 heavy (non-hydrogen) atoms. The fraction of sp³-hybridized carbons (Fsp3) is 0.538. The average molecular weight is 275 g/mol. The SMILES string of the molecule is Cc1cc(C(=O)Nc2ncn(C3CCCCC3)n2)no1. The van der Waals surface area contributed by atoms with Gasteiger partial charge in [0.25, 0.3) is 5.91 Å². The van der Waals surface area contributed by atoms with E-state index in [-0.39, 0.29) is 11.6 Å². The van der Waals surface area contributed by atoms with Gasteiger partial charge in [-0.15, -0.1) is 5.10 Å². The molecule has 1 saturated carbocycles. The molecule has 2 heterocycles. The zero-order valence-corrected chi connectivity index (χ0v) is 11.4. The molecule has 1 N–H and O–H groups in total. The number of anilines is 1. The topological polar surface area (TPSA) is 85.8 Å². The van der Waals surface area contributed by atoms with Crippen LogP contribution in [0.1, 0.15) is 54.4 Å². The van der Waals surface area contributed by atoms with Gasteiger partial charge in [0.1, 0.15) is 12.1 Å². The summed E-state index contributed by atoms with van der Waals surface area (Å²) in [6, 6.07) is 1.98. The molecule has 2 aromatic rings. The van der Waals surface area contributed by atoms with E-state index in [9.17, 15) is 4.79 Å². The number of carbonyl (C=O) groups excluding carboxylic acids is 1. The molecule has 7 heteroatoms. The Morgan fingerprint density at radius 3 is 2.90 bits per heavy atom. The molecule has 106 valence electrons. The van der Waals surface area contributed by atoms with E-state index in [1.54, 1.807) is 19.3 Å². The van der Waals surface area contributed by atoms with Crippen LogP contribution in [-0.4, -0.2) is 25.8 Å².